The van der Waals surface area contributed by atoms with Gasteiger partial charge in [0.05, 0.1) is 24.8 Å². The first kappa shape index (κ1) is 12.7. The van der Waals surface area contributed by atoms with Crippen LogP contribution in [0.1, 0.15) is 19.8 Å². The number of nitrogens with one attached hydrogen (secondary N) is 1. The number of fused-ring (bicyclic) bond motifs is 1. The first-order valence-electron chi connectivity index (χ1n) is 6.75. The molecule has 1 aromatic carbocycles. The number of ether oxygens (including phenoxy) is 2. The Morgan fingerprint density at radius 3 is 3.16 bits per heavy atom. The zero-order valence-electron chi connectivity index (χ0n) is 11.0. The summed E-state index contributed by atoms with van der Waals surface area (Å²) in [4.78, 5) is 3.25. The van der Waals surface area contributed by atoms with E-state index < -0.39 is 0 Å². The fourth-order valence-corrected chi connectivity index (χ4v) is 2.88. The van der Waals surface area contributed by atoms with E-state index in [2.05, 4.69) is 15.6 Å². The summed E-state index contributed by atoms with van der Waals surface area (Å²) in [6.45, 7) is 4.31. The van der Waals surface area contributed by atoms with Crippen molar-refractivity contribution < 1.29 is 9.47 Å². The van der Waals surface area contributed by atoms with E-state index in [4.69, 9.17) is 21.7 Å². The van der Waals surface area contributed by atoms with Crippen molar-refractivity contribution in [2.24, 2.45) is 0 Å². The molecule has 5 heteroatoms. The molecule has 0 aliphatic carbocycles. The Morgan fingerprint density at radius 1 is 1.53 bits per heavy atom. The van der Waals surface area contributed by atoms with Crippen LogP contribution in [0.3, 0.4) is 0 Å². The smallest absolute Gasteiger partial charge is 0.178 e. The van der Waals surface area contributed by atoms with E-state index in [0.29, 0.717) is 6.61 Å². The molecular formula is C14H18N2O2S. The second-order valence-electron chi connectivity index (χ2n) is 4.76. The van der Waals surface area contributed by atoms with Gasteiger partial charge in [0.1, 0.15) is 11.3 Å². The molecule has 102 valence electrons. The van der Waals surface area contributed by atoms with Gasteiger partial charge < -0.3 is 19.0 Å². The number of aromatic amines is 1. The van der Waals surface area contributed by atoms with Crippen LogP contribution in [0.2, 0.25) is 0 Å². The lowest BCUT2D eigenvalue weighted by atomic mass is 10.2. The number of imidazole rings is 1. The fourth-order valence-electron chi connectivity index (χ4n) is 2.60. The average molecular weight is 278 g/mol. The minimum atomic E-state index is 0.279. The van der Waals surface area contributed by atoms with Crippen molar-refractivity contribution in [3.63, 3.8) is 0 Å². The van der Waals surface area contributed by atoms with Gasteiger partial charge in [0, 0.05) is 6.61 Å². The Kier molecular flexibility index (Phi) is 3.57. The molecule has 3 rings (SSSR count). The van der Waals surface area contributed by atoms with Crippen molar-refractivity contribution in [3.05, 3.63) is 23.0 Å². The van der Waals surface area contributed by atoms with Crippen LogP contribution in [-0.2, 0) is 11.3 Å². The largest absolute Gasteiger partial charge is 0.492 e. The van der Waals surface area contributed by atoms with Gasteiger partial charge in [-0.15, -0.1) is 0 Å². The molecule has 1 unspecified atom stereocenters. The molecule has 0 saturated carbocycles. The number of H-pyrrole nitrogens is 1. The zero-order valence-corrected chi connectivity index (χ0v) is 11.8. The number of para-hydroxylation sites is 1. The van der Waals surface area contributed by atoms with Gasteiger partial charge in [-0.2, -0.15) is 0 Å². The molecule has 1 N–H and O–H groups in total. The highest BCUT2D eigenvalue weighted by Gasteiger charge is 2.18. The quantitative estimate of drug-likeness (QED) is 0.872. The molecule has 1 aliphatic rings. The van der Waals surface area contributed by atoms with Gasteiger partial charge in [-0.3, -0.25) is 0 Å². The summed E-state index contributed by atoms with van der Waals surface area (Å²) in [6, 6.07) is 6.04. The molecule has 1 saturated heterocycles. The van der Waals surface area contributed by atoms with Crippen molar-refractivity contribution >= 4 is 23.3 Å². The molecule has 0 radical (unpaired) electrons. The minimum Gasteiger partial charge on any atom is -0.492 e. The second kappa shape index (κ2) is 5.35. The SMILES string of the molecule is CCOc1cccc2c1[nH]c(=S)n2CC1CCCO1. The van der Waals surface area contributed by atoms with E-state index >= 15 is 0 Å². The topological polar surface area (TPSA) is 39.2 Å². The van der Waals surface area contributed by atoms with Crippen LogP contribution in [0.5, 0.6) is 5.75 Å². The van der Waals surface area contributed by atoms with E-state index in [1.807, 2.05) is 19.1 Å². The maximum absolute atomic E-state index is 5.70. The predicted octanol–water partition coefficient (Wildman–Crippen LogP) is 3.28. The lowest BCUT2D eigenvalue weighted by Crippen LogP contribution is -2.14. The number of nitrogens with zero attached hydrogens (tertiary/aromatic N) is 1. The number of aromatic nitrogens is 2. The van der Waals surface area contributed by atoms with Crippen LogP contribution in [0, 0.1) is 4.77 Å². The van der Waals surface area contributed by atoms with E-state index in [0.717, 1.165) is 47.5 Å². The van der Waals surface area contributed by atoms with Gasteiger partial charge in [0.15, 0.2) is 4.77 Å². The summed E-state index contributed by atoms with van der Waals surface area (Å²) in [7, 11) is 0. The van der Waals surface area contributed by atoms with Gasteiger partial charge in [-0.25, -0.2) is 0 Å². The average Bonchev–Trinajstić information content (AvgIpc) is 3.01. The lowest BCUT2D eigenvalue weighted by Gasteiger charge is -2.11. The van der Waals surface area contributed by atoms with Crippen molar-refractivity contribution in [2.45, 2.75) is 32.4 Å². The first-order chi connectivity index (χ1) is 9.29. The maximum Gasteiger partial charge on any atom is 0.178 e. The van der Waals surface area contributed by atoms with Crippen LogP contribution in [0.15, 0.2) is 18.2 Å². The normalized spacial score (nSPS) is 19.1. The van der Waals surface area contributed by atoms with Crippen LogP contribution in [0.25, 0.3) is 11.0 Å². The second-order valence-corrected chi connectivity index (χ2v) is 5.15. The Bertz CT molecular complexity index is 626. The minimum absolute atomic E-state index is 0.279. The highest BCUT2D eigenvalue weighted by molar-refractivity contribution is 7.71. The molecule has 2 heterocycles. The summed E-state index contributed by atoms with van der Waals surface area (Å²) in [5.74, 6) is 0.859. The number of hydrogen-bond acceptors (Lipinski definition) is 3. The third-order valence-corrected chi connectivity index (χ3v) is 3.80. The summed E-state index contributed by atoms with van der Waals surface area (Å²) >= 11 is 5.43. The highest BCUT2D eigenvalue weighted by atomic mass is 32.1. The van der Waals surface area contributed by atoms with Gasteiger partial charge in [0.25, 0.3) is 0 Å². The van der Waals surface area contributed by atoms with Crippen molar-refractivity contribution in [1.82, 2.24) is 9.55 Å². The van der Waals surface area contributed by atoms with Gasteiger partial charge in [0.2, 0.25) is 0 Å². The Balaban J connectivity index is 2.01. The molecule has 1 atom stereocenters. The van der Waals surface area contributed by atoms with Crippen molar-refractivity contribution in [1.29, 1.82) is 0 Å². The third kappa shape index (κ3) is 2.40. The molecule has 0 spiro atoms. The molecule has 4 nitrogen and oxygen atoms in total. The maximum atomic E-state index is 5.70. The van der Waals surface area contributed by atoms with Crippen LogP contribution >= 0.6 is 12.2 Å². The first-order valence-corrected chi connectivity index (χ1v) is 7.16. The van der Waals surface area contributed by atoms with Crippen molar-refractivity contribution in [2.75, 3.05) is 13.2 Å². The van der Waals surface area contributed by atoms with Gasteiger partial charge >= 0.3 is 0 Å². The molecule has 0 bridgehead atoms. The highest BCUT2D eigenvalue weighted by Crippen LogP contribution is 2.26. The molecule has 1 aromatic heterocycles. The van der Waals surface area contributed by atoms with Crippen LogP contribution in [-0.4, -0.2) is 28.9 Å². The number of benzene rings is 1. The Labute approximate surface area is 117 Å². The molecule has 2 aromatic rings. The van der Waals surface area contributed by atoms with Crippen LogP contribution in [0.4, 0.5) is 0 Å². The Hall–Kier alpha value is -1.33. The summed E-state index contributed by atoms with van der Waals surface area (Å²) in [5.41, 5.74) is 2.07. The standard InChI is InChI=1S/C14H18N2O2S/c1-2-17-12-7-3-6-11-13(12)15-14(19)16(11)9-10-5-4-8-18-10/h3,6-7,10H,2,4-5,8-9H2,1H3,(H,15,19). The number of hydrogen-bond donors (Lipinski definition) is 1. The predicted molar refractivity (Wildman–Crippen MR) is 77.3 cm³/mol. The molecule has 1 aliphatic heterocycles. The zero-order chi connectivity index (χ0) is 13.2. The van der Waals surface area contributed by atoms with E-state index in [1.165, 1.54) is 0 Å². The summed E-state index contributed by atoms with van der Waals surface area (Å²) < 4.78 is 14.2. The third-order valence-electron chi connectivity index (χ3n) is 3.48. The lowest BCUT2D eigenvalue weighted by molar-refractivity contribution is 0.0976. The van der Waals surface area contributed by atoms with Crippen LogP contribution < -0.4 is 4.74 Å². The molecule has 0 amide bonds. The molecular weight excluding hydrogens is 260 g/mol. The van der Waals surface area contributed by atoms with Gasteiger partial charge in [-0.05, 0) is 44.1 Å². The van der Waals surface area contributed by atoms with Crippen molar-refractivity contribution in [3.8, 4) is 5.75 Å². The summed E-state index contributed by atoms with van der Waals surface area (Å²) in [6.07, 6.45) is 2.53. The fraction of sp³-hybridized carbons (Fsp3) is 0.500. The molecule has 1 fully saturated rings. The monoisotopic (exact) mass is 278 g/mol. The number of rotatable bonds is 4. The van der Waals surface area contributed by atoms with E-state index in [1.54, 1.807) is 0 Å². The van der Waals surface area contributed by atoms with Gasteiger partial charge in [-0.1, -0.05) is 6.07 Å². The molecule has 19 heavy (non-hydrogen) atoms. The van der Waals surface area contributed by atoms with E-state index in [-0.39, 0.29) is 6.10 Å². The summed E-state index contributed by atoms with van der Waals surface area (Å²) in [5, 5.41) is 0. The van der Waals surface area contributed by atoms with E-state index in [9.17, 15) is 0 Å². The Morgan fingerprint density at radius 2 is 2.42 bits per heavy atom.